The summed E-state index contributed by atoms with van der Waals surface area (Å²) in [6.45, 7) is 2.29. The number of nitrogens with two attached hydrogens (primary N) is 1. The maximum absolute atomic E-state index is 12.3. The molecule has 2 atom stereocenters. The zero-order valence-corrected chi connectivity index (χ0v) is 20.6. The molecule has 0 fully saturated rings. The molecule has 2 aromatic rings. The van der Waals surface area contributed by atoms with Gasteiger partial charge in [0.1, 0.15) is 0 Å². The topological polar surface area (TPSA) is 63.4 Å². The third-order valence-electron chi connectivity index (χ3n) is 5.51. The molecule has 0 heterocycles. The highest BCUT2D eigenvalue weighted by Gasteiger charge is 2.28. The Balaban J connectivity index is 0.00000145. The van der Waals surface area contributed by atoms with Crippen LogP contribution in [-0.2, 0) is 29.4 Å². The monoisotopic (exact) mass is 528 g/mol. The van der Waals surface area contributed by atoms with E-state index in [1.807, 2.05) is 17.9 Å². The van der Waals surface area contributed by atoms with E-state index in [1.54, 1.807) is 7.05 Å². The third kappa shape index (κ3) is 6.51. The van der Waals surface area contributed by atoms with Crippen molar-refractivity contribution in [3.05, 3.63) is 70.8 Å². The fourth-order valence-corrected chi connectivity index (χ4v) is 5.14. The van der Waals surface area contributed by atoms with Crippen LogP contribution in [0.3, 0.4) is 0 Å². The number of sulfonamides is 1. The average molecular weight is 529 g/mol. The Kier molecular flexibility index (Phi) is 9.59. The molecule has 1 aliphatic rings. The lowest BCUT2D eigenvalue weighted by atomic mass is 9.76. The van der Waals surface area contributed by atoms with Gasteiger partial charge in [-0.1, -0.05) is 78.0 Å². The number of alkyl halides is 1. The van der Waals surface area contributed by atoms with E-state index in [0.29, 0.717) is 13.0 Å². The van der Waals surface area contributed by atoms with Crippen LogP contribution in [0.15, 0.2) is 48.5 Å². The van der Waals surface area contributed by atoms with Crippen LogP contribution in [0.25, 0.3) is 0 Å². The van der Waals surface area contributed by atoms with Crippen LogP contribution < -0.4 is 5.73 Å². The van der Waals surface area contributed by atoms with Crippen LogP contribution in [0.4, 0.5) is 0 Å². The van der Waals surface area contributed by atoms with Crippen molar-refractivity contribution < 1.29 is 8.42 Å². The minimum absolute atomic E-state index is 0.134. The van der Waals surface area contributed by atoms with Crippen molar-refractivity contribution in [1.82, 2.24) is 4.31 Å². The minimum atomic E-state index is -3.19. The van der Waals surface area contributed by atoms with Gasteiger partial charge in [-0.3, -0.25) is 0 Å². The molecule has 29 heavy (non-hydrogen) atoms. The first-order valence-corrected chi connectivity index (χ1v) is 13.9. The molecule has 2 aromatic carbocycles. The van der Waals surface area contributed by atoms with Gasteiger partial charge >= 0.3 is 0 Å². The fraction of sp³-hybridized carbons (Fsp3) is 0.478. The molecule has 2 N–H and O–H groups in total. The Morgan fingerprint density at radius 1 is 1.10 bits per heavy atom. The van der Waals surface area contributed by atoms with Crippen LogP contribution in [0.5, 0.6) is 0 Å². The normalized spacial score (nSPS) is 18.7. The number of benzene rings is 2. The number of hydrogen-bond donors (Lipinski definition) is 1. The standard InChI is InChI=1S/C22H30N2O2S.CH3I/c1-3-13-27(25,26)24(2)16-18-9-10-19-11-12-22(23)21(20(19)15-18)14-17-7-5-4-6-8-17;1-2/h4-10,15,21-22H,3,11-14,16,23H2,1-2H3;1H3. The predicted molar refractivity (Wildman–Crippen MR) is 131 cm³/mol. The summed E-state index contributed by atoms with van der Waals surface area (Å²) in [6.07, 6.45) is 3.54. The Hall–Kier alpha value is -0.960. The van der Waals surface area contributed by atoms with Crippen LogP contribution in [0, 0.1) is 0 Å². The van der Waals surface area contributed by atoms with Gasteiger partial charge in [0.2, 0.25) is 10.0 Å². The molecular formula is C23H33IN2O2S. The Labute approximate surface area is 190 Å². The highest BCUT2D eigenvalue weighted by Crippen LogP contribution is 2.34. The fourth-order valence-electron chi connectivity index (χ4n) is 3.97. The van der Waals surface area contributed by atoms with Gasteiger partial charge in [0, 0.05) is 25.6 Å². The highest BCUT2D eigenvalue weighted by atomic mass is 127. The number of fused-ring (bicyclic) bond motifs is 1. The zero-order chi connectivity index (χ0) is 21.4. The highest BCUT2D eigenvalue weighted by molar-refractivity contribution is 14.1. The zero-order valence-electron chi connectivity index (χ0n) is 17.6. The van der Waals surface area contributed by atoms with E-state index < -0.39 is 10.0 Å². The third-order valence-corrected chi connectivity index (χ3v) is 7.52. The average Bonchev–Trinajstić information content (AvgIpc) is 2.72. The van der Waals surface area contributed by atoms with E-state index in [1.165, 1.54) is 21.0 Å². The van der Waals surface area contributed by atoms with Crippen molar-refractivity contribution in [3.8, 4) is 0 Å². The van der Waals surface area contributed by atoms with E-state index in [2.05, 4.69) is 65.1 Å². The van der Waals surface area contributed by atoms with Gasteiger partial charge in [-0.05, 0) is 52.9 Å². The van der Waals surface area contributed by atoms with E-state index in [-0.39, 0.29) is 17.7 Å². The summed E-state index contributed by atoms with van der Waals surface area (Å²) < 4.78 is 26.0. The van der Waals surface area contributed by atoms with Crippen LogP contribution in [-0.4, -0.2) is 36.5 Å². The van der Waals surface area contributed by atoms with Crippen LogP contribution in [0.2, 0.25) is 0 Å². The molecule has 0 bridgehead atoms. The van der Waals surface area contributed by atoms with Crippen molar-refractivity contribution in [3.63, 3.8) is 0 Å². The summed E-state index contributed by atoms with van der Waals surface area (Å²) in [5.74, 6) is 0.462. The molecule has 1 aliphatic carbocycles. The van der Waals surface area contributed by atoms with Crippen molar-refractivity contribution in [2.75, 3.05) is 17.7 Å². The first kappa shape index (κ1) is 24.3. The van der Waals surface area contributed by atoms with Gasteiger partial charge in [0.05, 0.1) is 5.75 Å². The van der Waals surface area contributed by atoms with E-state index in [9.17, 15) is 8.42 Å². The van der Waals surface area contributed by atoms with Gasteiger partial charge in [-0.15, -0.1) is 0 Å². The molecule has 0 amide bonds. The van der Waals surface area contributed by atoms with E-state index >= 15 is 0 Å². The molecule has 4 nitrogen and oxygen atoms in total. The van der Waals surface area contributed by atoms with Crippen molar-refractivity contribution in [2.24, 2.45) is 5.73 Å². The second-order valence-corrected chi connectivity index (χ2v) is 9.80. The first-order valence-electron chi connectivity index (χ1n) is 10.1. The number of hydrogen-bond acceptors (Lipinski definition) is 3. The van der Waals surface area contributed by atoms with Gasteiger partial charge in [-0.25, -0.2) is 12.7 Å². The molecule has 2 unspecified atom stereocenters. The van der Waals surface area contributed by atoms with Crippen molar-refractivity contribution >= 4 is 32.6 Å². The number of nitrogens with zero attached hydrogens (tertiary/aromatic N) is 1. The van der Waals surface area contributed by atoms with Crippen molar-refractivity contribution in [2.45, 2.75) is 51.1 Å². The van der Waals surface area contributed by atoms with E-state index in [4.69, 9.17) is 5.73 Å². The number of rotatable bonds is 7. The van der Waals surface area contributed by atoms with Gasteiger partial charge in [-0.2, -0.15) is 0 Å². The number of halogens is 1. The maximum Gasteiger partial charge on any atom is 0.214 e. The minimum Gasteiger partial charge on any atom is -0.327 e. The molecule has 0 saturated heterocycles. The summed E-state index contributed by atoms with van der Waals surface area (Å²) in [5, 5.41) is 0. The summed E-state index contributed by atoms with van der Waals surface area (Å²) >= 11 is 2.15. The summed E-state index contributed by atoms with van der Waals surface area (Å²) in [6, 6.07) is 17.0. The van der Waals surface area contributed by atoms with Gasteiger partial charge in [0.15, 0.2) is 0 Å². The van der Waals surface area contributed by atoms with Gasteiger partial charge < -0.3 is 5.73 Å². The molecule has 6 heteroatoms. The van der Waals surface area contributed by atoms with Crippen LogP contribution >= 0.6 is 22.6 Å². The summed E-state index contributed by atoms with van der Waals surface area (Å²) in [5.41, 5.74) is 11.5. The molecule has 0 aliphatic heterocycles. The smallest absolute Gasteiger partial charge is 0.214 e. The van der Waals surface area contributed by atoms with Crippen molar-refractivity contribution in [1.29, 1.82) is 0 Å². The van der Waals surface area contributed by atoms with E-state index in [0.717, 1.165) is 24.8 Å². The number of aryl methyl sites for hydroxylation is 1. The predicted octanol–water partition coefficient (Wildman–Crippen LogP) is 4.51. The second kappa shape index (κ2) is 11.4. The lowest BCUT2D eigenvalue weighted by Gasteiger charge is -2.32. The molecular weight excluding hydrogens is 495 g/mol. The molecule has 3 rings (SSSR count). The largest absolute Gasteiger partial charge is 0.327 e. The molecule has 0 radical (unpaired) electrons. The molecule has 160 valence electrons. The quantitative estimate of drug-likeness (QED) is 0.425. The second-order valence-electron chi connectivity index (χ2n) is 7.60. The summed E-state index contributed by atoms with van der Waals surface area (Å²) in [4.78, 5) is 1.97. The maximum atomic E-state index is 12.3. The summed E-state index contributed by atoms with van der Waals surface area (Å²) in [7, 11) is -1.53. The Morgan fingerprint density at radius 2 is 1.79 bits per heavy atom. The lowest BCUT2D eigenvalue weighted by molar-refractivity contribution is 0.457. The molecule has 0 aromatic heterocycles. The SMILES string of the molecule is CCCS(=O)(=O)N(C)Cc1ccc2c(c1)C(Cc1ccccc1)C(N)CC2.CI. The Morgan fingerprint density at radius 3 is 2.45 bits per heavy atom. The lowest BCUT2D eigenvalue weighted by Crippen LogP contribution is -2.34. The first-order chi connectivity index (χ1) is 13.9. The Bertz CT molecular complexity index is 872. The van der Waals surface area contributed by atoms with Crippen LogP contribution in [0.1, 0.15) is 47.9 Å². The molecule has 0 spiro atoms. The molecule has 0 saturated carbocycles. The van der Waals surface area contributed by atoms with Gasteiger partial charge in [0.25, 0.3) is 0 Å².